The predicted octanol–water partition coefficient (Wildman–Crippen LogP) is 1.39. The number of thiophene rings is 1. The number of aromatic amines is 1. The van der Waals surface area contributed by atoms with Crippen LogP contribution in [0.15, 0.2) is 52.2 Å². The van der Waals surface area contributed by atoms with Crippen LogP contribution in [0.4, 0.5) is 0 Å². The molecule has 142 valence electrons. The van der Waals surface area contributed by atoms with Gasteiger partial charge in [-0.25, -0.2) is 8.42 Å². The average molecular weight is 405 g/mol. The lowest BCUT2D eigenvalue weighted by atomic mass is 10.0. The van der Waals surface area contributed by atoms with Gasteiger partial charge in [-0.2, -0.15) is 4.31 Å². The Morgan fingerprint density at radius 2 is 1.93 bits per heavy atom. The molecule has 1 atom stereocenters. The number of nitrogens with one attached hydrogen (secondary N) is 2. The molecule has 0 spiro atoms. The third-order valence-electron chi connectivity index (χ3n) is 5.31. The van der Waals surface area contributed by atoms with Crippen molar-refractivity contribution in [2.75, 3.05) is 26.2 Å². The molecule has 8 heteroatoms. The van der Waals surface area contributed by atoms with Gasteiger partial charge in [0.25, 0.3) is 10.0 Å². The van der Waals surface area contributed by atoms with Gasteiger partial charge in [0.15, 0.2) is 0 Å². The fraction of sp³-hybridized carbons (Fsp3) is 0.316. The van der Waals surface area contributed by atoms with Crippen LogP contribution in [-0.2, 0) is 10.0 Å². The lowest BCUT2D eigenvalue weighted by molar-refractivity contribution is -0.917. The van der Waals surface area contributed by atoms with Crippen molar-refractivity contribution in [3.05, 3.63) is 53.5 Å². The summed E-state index contributed by atoms with van der Waals surface area (Å²) in [4.78, 5) is 17.3. The van der Waals surface area contributed by atoms with E-state index in [9.17, 15) is 13.2 Å². The van der Waals surface area contributed by atoms with Gasteiger partial charge in [-0.3, -0.25) is 4.79 Å². The number of aromatic nitrogens is 1. The van der Waals surface area contributed by atoms with E-state index in [2.05, 4.69) is 4.98 Å². The molecule has 1 aliphatic heterocycles. The molecule has 0 unspecified atom stereocenters. The number of Topliss-reactive ketones (excluding diaryl/α,β-unsaturated/α-hetero) is 1. The molecule has 1 aliphatic rings. The van der Waals surface area contributed by atoms with Gasteiger partial charge in [-0.05, 0) is 24.4 Å². The van der Waals surface area contributed by atoms with Gasteiger partial charge in [0.2, 0.25) is 5.78 Å². The maximum absolute atomic E-state index is 13.0. The second-order valence-corrected chi connectivity index (χ2v) is 9.94. The lowest BCUT2D eigenvalue weighted by Crippen LogP contribution is -3.18. The molecule has 0 amide bonds. The maximum Gasteiger partial charge on any atom is 0.252 e. The summed E-state index contributed by atoms with van der Waals surface area (Å²) >= 11 is 1.24. The van der Waals surface area contributed by atoms with Crippen LogP contribution < -0.4 is 4.90 Å². The zero-order valence-corrected chi connectivity index (χ0v) is 16.6. The Hall–Kier alpha value is -2.00. The molecule has 0 saturated carbocycles. The lowest BCUT2D eigenvalue weighted by Gasteiger charge is -2.33. The largest absolute Gasteiger partial charge is 0.360 e. The van der Waals surface area contributed by atoms with E-state index < -0.39 is 10.0 Å². The average Bonchev–Trinajstić information content (AvgIpc) is 3.37. The van der Waals surface area contributed by atoms with E-state index in [1.165, 1.54) is 15.6 Å². The summed E-state index contributed by atoms with van der Waals surface area (Å²) in [6, 6.07) is 11.0. The van der Waals surface area contributed by atoms with Crippen LogP contribution in [0.1, 0.15) is 17.3 Å². The first-order valence-electron chi connectivity index (χ1n) is 8.97. The number of quaternary nitrogens is 1. The quantitative estimate of drug-likeness (QED) is 0.631. The molecule has 27 heavy (non-hydrogen) atoms. The van der Waals surface area contributed by atoms with Gasteiger partial charge in [-0.15, -0.1) is 11.3 Å². The number of fused-ring (bicyclic) bond motifs is 1. The Morgan fingerprint density at radius 3 is 2.63 bits per heavy atom. The molecule has 3 heterocycles. The molecule has 2 N–H and O–H groups in total. The number of piperazine rings is 1. The summed E-state index contributed by atoms with van der Waals surface area (Å²) in [7, 11) is -3.41. The topological polar surface area (TPSA) is 74.7 Å². The first kappa shape index (κ1) is 18.4. The number of hydrogen-bond acceptors (Lipinski definition) is 4. The molecule has 1 saturated heterocycles. The Bertz CT molecular complexity index is 1050. The second-order valence-electron chi connectivity index (χ2n) is 6.83. The van der Waals surface area contributed by atoms with Crippen molar-refractivity contribution in [1.29, 1.82) is 0 Å². The number of nitrogens with zero attached hydrogens (tertiary/aromatic N) is 1. The van der Waals surface area contributed by atoms with E-state index in [1.807, 2.05) is 31.2 Å². The summed E-state index contributed by atoms with van der Waals surface area (Å²) in [5.41, 5.74) is 1.66. The molecule has 0 bridgehead atoms. The Balaban J connectivity index is 1.46. The number of carbonyl (C=O) groups is 1. The Morgan fingerprint density at radius 1 is 1.19 bits per heavy atom. The van der Waals surface area contributed by atoms with Gasteiger partial charge >= 0.3 is 0 Å². The highest BCUT2D eigenvalue weighted by molar-refractivity contribution is 7.91. The minimum atomic E-state index is -3.41. The minimum absolute atomic E-state index is 0.0945. The number of ketones is 1. The zero-order valence-electron chi connectivity index (χ0n) is 15.0. The number of H-pyrrole nitrogens is 1. The summed E-state index contributed by atoms with van der Waals surface area (Å²) < 4.78 is 27.2. The van der Waals surface area contributed by atoms with E-state index in [0.29, 0.717) is 36.0 Å². The molecule has 1 fully saturated rings. The number of hydrogen-bond donors (Lipinski definition) is 2. The number of rotatable bonds is 5. The van der Waals surface area contributed by atoms with Crippen molar-refractivity contribution in [3.8, 4) is 0 Å². The van der Waals surface area contributed by atoms with Crippen molar-refractivity contribution >= 4 is 38.0 Å². The monoisotopic (exact) mass is 404 g/mol. The third-order valence-corrected chi connectivity index (χ3v) is 8.59. The normalized spacial score (nSPS) is 18.0. The van der Waals surface area contributed by atoms with E-state index >= 15 is 0 Å². The summed E-state index contributed by atoms with van der Waals surface area (Å²) in [5, 5.41) is 2.71. The van der Waals surface area contributed by atoms with E-state index in [4.69, 9.17) is 0 Å². The van der Waals surface area contributed by atoms with Gasteiger partial charge in [-0.1, -0.05) is 24.3 Å². The van der Waals surface area contributed by atoms with Crippen LogP contribution in [-0.4, -0.2) is 55.7 Å². The highest BCUT2D eigenvalue weighted by Crippen LogP contribution is 2.21. The minimum Gasteiger partial charge on any atom is -0.360 e. The van der Waals surface area contributed by atoms with Crippen molar-refractivity contribution < 1.29 is 18.1 Å². The number of para-hydroxylation sites is 1. The molecule has 4 rings (SSSR count). The third kappa shape index (κ3) is 3.34. The highest BCUT2D eigenvalue weighted by Gasteiger charge is 2.35. The summed E-state index contributed by atoms with van der Waals surface area (Å²) in [6.45, 7) is 4.05. The fourth-order valence-electron chi connectivity index (χ4n) is 3.68. The first-order chi connectivity index (χ1) is 13.0. The van der Waals surface area contributed by atoms with Gasteiger partial charge in [0, 0.05) is 22.7 Å². The van der Waals surface area contributed by atoms with E-state index in [-0.39, 0.29) is 11.8 Å². The van der Waals surface area contributed by atoms with Crippen molar-refractivity contribution in [1.82, 2.24) is 9.29 Å². The van der Waals surface area contributed by atoms with Crippen LogP contribution >= 0.6 is 11.3 Å². The van der Waals surface area contributed by atoms with Crippen LogP contribution in [0, 0.1) is 0 Å². The molecule has 3 aromatic rings. The molecule has 0 radical (unpaired) electrons. The maximum atomic E-state index is 13.0. The van der Waals surface area contributed by atoms with Gasteiger partial charge < -0.3 is 9.88 Å². The van der Waals surface area contributed by atoms with Gasteiger partial charge in [0.05, 0.1) is 26.2 Å². The second kappa shape index (κ2) is 7.20. The Kier molecular flexibility index (Phi) is 4.90. The number of sulfonamides is 1. The SMILES string of the molecule is C[C@H](C(=O)c1c[nH]c2ccccc12)[NH+]1CCN(S(=O)(=O)c2cccs2)CC1. The molecule has 0 aliphatic carbocycles. The summed E-state index contributed by atoms with van der Waals surface area (Å²) in [5.74, 6) is 0.0945. The molecule has 1 aromatic carbocycles. The van der Waals surface area contributed by atoms with Crippen molar-refractivity contribution in [2.45, 2.75) is 17.2 Å². The molecular formula is C19H22N3O3S2+. The van der Waals surface area contributed by atoms with Crippen LogP contribution in [0.25, 0.3) is 10.9 Å². The molecular weight excluding hydrogens is 382 g/mol. The Labute approximate surface area is 162 Å². The predicted molar refractivity (Wildman–Crippen MR) is 106 cm³/mol. The first-order valence-corrected chi connectivity index (χ1v) is 11.3. The highest BCUT2D eigenvalue weighted by atomic mass is 32.2. The van der Waals surface area contributed by atoms with E-state index in [1.54, 1.807) is 23.7 Å². The van der Waals surface area contributed by atoms with Crippen LogP contribution in [0.2, 0.25) is 0 Å². The summed E-state index contributed by atoms with van der Waals surface area (Å²) in [6.07, 6.45) is 1.78. The van der Waals surface area contributed by atoms with Crippen molar-refractivity contribution in [3.63, 3.8) is 0 Å². The van der Waals surface area contributed by atoms with Gasteiger partial charge in [0.1, 0.15) is 10.3 Å². The number of carbonyl (C=O) groups excluding carboxylic acids is 1. The smallest absolute Gasteiger partial charge is 0.252 e. The fourth-order valence-corrected chi connectivity index (χ4v) is 6.26. The molecule has 2 aromatic heterocycles. The van der Waals surface area contributed by atoms with Crippen LogP contribution in [0.5, 0.6) is 0 Å². The zero-order chi connectivity index (χ0) is 19.0. The van der Waals surface area contributed by atoms with Crippen molar-refractivity contribution in [2.24, 2.45) is 0 Å². The van der Waals surface area contributed by atoms with E-state index in [0.717, 1.165) is 15.8 Å². The van der Waals surface area contributed by atoms with Crippen LogP contribution in [0.3, 0.4) is 0 Å². The molecule has 6 nitrogen and oxygen atoms in total. The standard InChI is InChI=1S/C19H21N3O3S2/c1-14(19(23)16-13-20-17-6-3-2-5-15(16)17)21-8-10-22(11-9-21)27(24,25)18-7-4-12-26-18/h2-7,12-14,20H,8-11H2,1H3/p+1/t14-/m1/s1. The number of benzene rings is 1.